The van der Waals surface area contributed by atoms with E-state index in [-0.39, 0.29) is 18.0 Å². The van der Waals surface area contributed by atoms with Crippen LogP contribution in [-0.2, 0) is 17.6 Å². The number of amides is 1. The number of non-ortho nitro benzene ring substituents is 1. The molecule has 0 aliphatic heterocycles. The van der Waals surface area contributed by atoms with Gasteiger partial charge in [0, 0.05) is 48.4 Å². The Hall–Kier alpha value is -3.13. The van der Waals surface area contributed by atoms with Gasteiger partial charge >= 0.3 is 0 Å². The molecule has 3 rings (SSSR count). The minimum Gasteiger partial charge on any atom is -0.355 e. The first kappa shape index (κ1) is 17.7. The molecule has 8 heteroatoms. The molecule has 0 bridgehead atoms. The number of carbonyl (C=O) groups excluding carboxylic acids is 1. The van der Waals surface area contributed by atoms with Crippen LogP contribution in [0.1, 0.15) is 11.3 Å². The molecule has 1 N–H and O–H groups in total. The summed E-state index contributed by atoms with van der Waals surface area (Å²) in [4.78, 5) is 30.8. The maximum absolute atomic E-state index is 12.0. The molecule has 3 aromatic rings. The minimum atomic E-state index is -0.461. The largest absolute Gasteiger partial charge is 0.355 e. The highest BCUT2D eigenvalue weighted by Gasteiger charge is 2.08. The summed E-state index contributed by atoms with van der Waals surface area (Å²) in [5.41, 5.74) is 2.65. The van der Waals surface area contributed by atoms with Crippen molar-refractivity contribution in [3.63, 3.8) is 0 Å². The van der Waals surface area contributed by atoms with Crippen LogP contribution in [0.25, 0.3) is 10.6 Å². The second-order valence-corrected chi connectivity index (χ2v) is 6.44. The maximum Gasteiger partial charge on any atom is 0.269 e. The smallest absolute Gasteiger partial charge is 0.269 e. The fourth-order valence-corrected chi connectivity index (χ4v) is 3.20. The fourth-order valence-electron chi connectivity index (χ4n) is 2.36. The van der Waals surface area contributed by atoms with Gasteiger partial charge in [0.05, 0.1) is 17.0 Å². The molecule has 2 heterocycles. The van der Waals surface area contributed by atoms with Gasteiger partial charge in [-0.1, -0.05) is 12.1 Å². The Morgan fingerprint density at radius 3 is 2.73 bits per heavy atom. The van der Waals surface area contributed by atoms with Crippen LogP contribution >= 0.6 is 11.3 Å². The van der Waals surface area contributed by atoms with Crippen molar-refractivity contribution in [3.05, 3.63) is 75.5 Å². The van der Waals surface area contributed by atoms with Gasteiger partial charge in [-0.05, 0) is 17.7 Å². The predicted molar refractivity (Wildman–Crippen MR) is 98.9 cm³/mol. The summed E-state index contributed by atoms with van der Waals surface area (Å²) in [5.74, 6) is -0.124. The molecule has 132 valence electrons. The Morgan fingerprint density at radius 2 is 2.04 bits per heavy atom. The van der Waals surface area contributed by atoms with Crippen molar-refractivity contribution in [3.8, 4) is 10.6 Å². The summed E-state index contributed by atoms with van der Waals surface area (Å²) < 4.78 is 0. The first-order chi connectivity index (χ1) is 12.6. The van der Waals surface area contributed by atoms with Gasteiger partial charge in [-0.2, -0.15) is 0 Å². The summed E-state index contributed by atoms with van der Waals surface area (Å²) in [6, 6.07) is 9.82. The Balaban J connectivity index is 1.46. The van der Waals surface area contributed by atoms with Crippen molar-refractivity contribution in [1.82, 2.24) is 15.3 Å². The van der Waals surface area contributed by atoms with E-state index in [1.807, 2.05) is 17.5 Å². The average molecular weight is 368 g/mol. The van der Waals surface area contributed by atoms with Gasteiger partial charge in [-0.3, -0.25) is 19.9 Å². The third-order valence-corrected chi connectivity index (χ3v) is 4.62. The average Bonchev–Trinajstić information content (AvgIpc) is 3.12. The highest BCUT2D eigenvalue weighted by molar-refractivity contribution is 7.13. The van der Waals surface area contributed by atoms with Crippen LogP contribution in [0.4, 0.5) is 5.69 Å². The molecule has 0 spiro atoms. The molecular weight excluding hydrogens is 352 g/mol. The van der Waals surface area contributed by atoms with E-state index in [2.05, 4.69) is 15.3 Å². The predicted octanol–water partition coefficient (Wildman–Crippen LogP) is 3.01. The van der Waals surface area contributed by atoms with Crippen molar-refractivity contribution in [1.29, 1.82) is 0 Å². The van der Waals surface area contributed by atoms with Crippen LogP contribution < -0.4 is 5.32 Å². The van der Waals surface area contributed by atoms with E-state index < -0.39 is 4.92 Å². The second-order valence-electron chi connectivity index (χ2n) is 5.59. The maximum atomic E-state index is 12.0. The van der Waals surface area contributed by atoms with Crippen LogP contribution in [0.2, 0.25) is 0 Å². The zero-order valence-corrected chi connectivity index (χ0v) is 14.6. The molecule has 0 saturated heterocycles. The number of nitrogens with one attached hydrogen (secondary N) is 1. The molecule has 0 unspecified atom stereocenters. The number of nitrogens with zero attached hydrogens (tertiary/aromatic N) is 3. The molecular formula is C18H16N4O3S. The standard InChI is InChI=1S/C18H16N4O3S/c23-17(10-13-3-5-16(6-4-13)22(24)25)20-9-7-15-12-26-18(21-15)14-2-1-8-19-11-14/h1-6,8,11-12H,7,9-10H2,(H,20,23). The van der Waals surface area contributed by atoms with Crippen molar-refractivity contribution >= 4 is 22.9 Å². The molecule has 0 fully saturated rings. The van der Waals surface area contributed by atoms with E-state index in [1.54, 1.807) is 35.9 Å². The summed E-state index contributed by atoms with van der Waals surface area (Å²) >= 11 is 1.55. The summed E-state index contributed by atoms with van der Waals surface area (Å²) in [6.07, 6.45) is 4.33. The number of pyridine rings is 1. The monoisotopic (exact) mass is 368 g/mol. The Kier molecular flexibility index (Phi) is 5.65. The topological polar surface area (TPSA) is 98.0 Å². The zero-order chi connectivity index (χ0) is 18.4. The Morgan fingerprint density at radius 1 is 1.23 bits per heavy atom. The van der Waals surface area contributed by atoms with Gasteiger partial charge in [0.2, 0.25) is 5.91 Å². The number of benzene rings is 1. The van der Waals surface area contributed by atoms with Crippen LogP contribution in [-0.4, -0.2) is 27.3 Å². The molecule has 7 nitrogen and oxygen atoms in total. The van der Waals surface area contributed by atoms with Gasteiger partial charge in [-0.25, -0.2) is 4.98 Å². The van der Waals surface area contributed by atoms with Crippen LogP contribution in [0.5, 0.6) is 0 Å². The molecule has 1 amide bonds. The van der Waals surface area contributed by atoms with Crippen LogP contribution in [0, 0.1) is 10.1 Å². The Bertz CT molecular complexity index is 894. The first-order valence-corrected chi connectivity index (χ1v) is 8.84. The lowest BCUT2D eigenvalue weighted by Gasteiger charge is -2.04. The second kappa shape index (κ2) is 8.30. The molecule has 2 aromatic heterocycles. The minimum absolute atomic E-state index is 0.0158. The molecule has 0 aliphatic carbocycles. The molecule has 1 aromatic carbocycles. The molecule has 0 radical (unpaired) electrons. The van der Waals surface area contributed by atoms with Crippen molar-refractivity contribution in [2.24, 2.45) is 0 Å². The highest BCUT2D eigenvalue weighted by atomic mass is 32.1. The summed E-state index contributed by atoms with van der Waals surface area (Å²) in [5, 5.41) is 16.4. The van der Waals surface area contributed by atoms with E-state index >= 15 is 0 Å². The summed E-state index contributed by atoms with van der Waals surface area (Å²) in [6.45, 7) is 0.488. The molecule has 0 saturated carbocycles. The van der Waals surface area contributed by atoms with E-state index in [4.69, 9.17) is 0 Å². The van der Waals surface area contributed by atoms with Gasteiger partial charge in [0.1, 0.15) is 5.01 Å². The lowest BCUT2D eigenvalue weighted by molar-refractivity contribution is -0.384. The lowest BCUT2D eigenvalue weighted by Crippen LogP contribution is -2.27. The van der Waals surface area contributed by atoms with E-state index in [0.29, 0.717) is 13.0 Å². The van der Waals surface area contributed by atoms with E-state index in [0.717, 1.165) is 21.8 Å². The van der Waals surface area contributed by atoms with Gasteiger partial charge in [0.25, 0.3) is 5.69 Å². The third kappa shape index (κ3) is 4.70. The Labute approximate surface area is 153 Å². The molecule has 0 atom stereocenters. The third-order valence-electron chi connectivity index (χ3n) is 3.68. The number of rotatable bonds is 7. The highest BCUT2D eigenvalue weighted by Crippen LogP contribution is 2.22. The van der Waals surface area contributed by atoms with Crippen LogP contribution in [0.3, 0.4) is 0 Å². The zero-order valence-electron chi connectivity index (χ0n) is 13.8. The summed E-state index contributed by atoms with van der Waals surface area (Å²) in [7, 11) is 0. The molecule has 0 aliphatic rings. The lowest BCUT2D eigenvalue weighted by atomic mass is 10.1. The van der Waals surface area contributed by atoms with Crippen LogP contribution in [0.15, 0.2) is 54.2 Å². The van der Waals surface area contributed by atoms with Crippen molar-refractivity contribution < 1.29 is 9.72 Å². The number of hydrogen-bond acceptors (Lipinski definition) is 6. The molecule has 26 heavy (non-hydrogen) atoms. The van der Waals surface area contributed by atoms with Gasteiger partial charge < -0.3 is 5.32 Å². The normalized spacial score (nSPS) is 10.5. The number of nitro benzene ring substituents is 1. The number of thiazole rings is 1. The SMILES string of the molecule is O=C(Cc1ccc([N+](=O)[O-])cc1)NCCc1csc(-c2cccnc2)n1. The van der Waals surface area contributed by atoms with E-state index in [9.17, 15) is 14.9 Å². The van der Waals surface area contributed by atoms with Crippen molar-refractivity contribution in [2.45, 2.75) is 12.8 Å². The van der Waals surface area contributed by atoms with E-state index in [1.165, 1.54) is 12.1 Å². The number of nitro groups is 1. The number of aromatic nitrogens is 2. The van der Waals surface area contributed by atoms with Crippen molar-refractivity contribution in [2.75, 3.05) is 6.54 Å². The fraction of sp³-hybridized carbons (Fsp3) is 0.167. The number of carbonyl (C=O) groups is 1. The number of hydrogen-bond donors (Lipinski definition) is 1. The quantitative estimate of drug-likeness (QED) is 0.511. The first-order valence-electron chi connectivity index (χ1n) is 7.96. The van der Waals surface area contributed by atoms with Gasteiger partial charge in [0.15, 0.2) is 0 Å². The van der Waals surface area contributed by atoms with Gasteiger partial charge in [-0.15, -0.1) is 11.3 Å².